The molecule has 0 saturated carbocycles. The largest absolute Gasteiger partial charge is 0.444 e. The molecule has 0 aromatic carbocycles. The third-order valence-corrected chi connectivity index (χ3v) is 3.53. The molecular formula is C17H24N4O4. The molecular weight excluding hydrogens is 324 g/mol. The van der Waals surface area contributed by atoms with Crippen LogP contribution in [0.1, 0.15) is 38.1 Å². The lowest BCUT2D eigenvalue weighted by Gasteiger charge is -2.35. The zero-order valence-electron chi connectivity index (χ0n) is 15.0. The minimum absolute atomic E-state index is 0.155. The fourth-order valence-corrected chi connectivity index (χ4v) is 2.41. The van der Waals surface area contributed by atoms with Crippen molar-refractivity contribution in [3.8, 4) is 0 Å². The topological polar surface area (TPSA) is 91.8 Å². The molecule has 0 atom stereocenters. The molecule has 0 spiro atoms. The molecule has 0 bridgehead atoms. The first kappa shape index (κ1) is 18.7. The second-order valence-corrected chi connectivity index (χ2v) is 6.87. The standard InChI is InChI=1S/C17H24N4O4/c1-12(22)19-14-11-13(5-6-18-14)15(23)20-7-9-21(10-8-20)16(24)25-17(2,3)4/h5-6,11H,7-10H2,1-4H3,(H,18,19,22). The monoisotopic (exact) mass is 348 g/mol. The molecule has 1 aromatic heterocycles. The van der Waals surface area contributed by atoms with E-state index in [2.05, 4.69) is 10.3 Å². The maximum absolute atomic E-state index is 12.6. The highest BCUT2D eigenvalue weighted by Crippen LogP contribution is 2.14. The molecule has 0 radical (unpaired) electrons. The van der Waals surface area contributed by atoms with E-state index in [0.29, 0.717) is 37.6 Å². The van der Waals surface area contributed by atoms with Crippen molar-refractivity contribution in [2.24, 2.45) is 0 Å². The summed E-state index contributed by atoms with van der Waals surface area (Å²) in [5.41, 5.74) is -0.0919. The number of carbonyl (C=O) groups is 3. The summed E-state index contributed by atoms with van der Waals surface area (Å²) in [4.78, 5) is 43.0. The van der Waals surface area contributed by atoms with Crippen LogP contribution in [0.5, 0.6) is 0 Å². The van der Waals surface area contributed by atoms with Crippen LogP contribution in [0, 0.1) is 0 Å². The molecule has 2 heterocycles. The number of aromatic nitrogens is 1. The van der Waals surface area contributed by atoms with E-state index in [1.165, 1.54) is 13.1 Å². The second-order valence-electron chi connectivity index (χ2n) is 6.87. The SMILES string of the molecule is CC(=O)Nc1cc(C(=O)N2CCN(C(=O)OC(C)(C)C)CC2)ccn1. The van der Waals surface area contributed by atoms with Gasteiger partial charge in [0.2, 0.25) is 5.91 Å². The van der Waals surface area contributed by atoms with Crippen molar-refractivity contribution in [1.82, 2.24) is 14.8 Å². The van der Waals surface area contributed by atoms with Gasteiger partial charge < -0.3 is 19.9 Å². The molecule has 1 aliphatic rings. The number of rotatable bonds is 2. The number of nitrogens with zero attached hydrogens (tertiary/aromatic N) is 3. The fourth-order valence-electron chi connectivity index (χ4n) is 2.41. The summed E-state index contributed by atoms with van der Waals surface area (Å²) in [6.07, 6.45) is 1.12. The Morgan fingerprint density at radius 2 is 1.72 bits per heavy atom. The highest BCUT2D eigenvalue weighted by atomic mass is 16.6. The zero-order valence-corrected chi connectivity index (χ0v) is 15.0. The van der Waals surface area contributed by atoms with E-state index < -0.39 is 5.60 Å². The van der Waals surface area contributed by atoms with Crippen LogP contribution in [0.4, 0.5) is 10.6 Å². The van der Waals surface area contributed by atoms with Gasteiger partial charge in [-0.25, -0.2) is 9.78 Å². The first-order valence-electron chi connectivity index (χ1n) is 8.16. The Balaban J connectivity index is 1.95. The van der Waals surface area contributed by atoms with Crippen molar-refractivity contribution in [1.29, 1.82) is 0 Å². The molecule has 0 unspecified atom stereocenters. The molecule has 1 aliphatic heterocycles. The van der Waals surface area contributed by atoms with Crippen LogP contribution in [-0.4, -0.2) is 64.5 Å². The van der Waals surface area contributed by atoms with Gasteiger partial charge in [-0.15, -0.1) is 0 Å². The Bertz CT molecular complexity index is 661. The molecule has 25 heavy (non-hydrogen) atoms. The Morgan fingerprint density at radius 3 is 2.28 bits per heavy atom. The van der Waals surface area contributed by atoms with Crippen molar-refractivity contribution in [2.75, 3.05) is 31.5 Å². The molecule has 8 heteroatoms. The van der Waals surface area contributed by atoms with Crippen molar-refractivity contribution >= 4 is 23.7 Å². The van der Waals surface area contributed by atoms with E-state index in [1.54, 1.807) is 21.9 Å². The van der Waals surface area contributed by atoms with Gasteiger partial charge in [-0.3, -0.25) is 9.59 Å². The second kappa shape index (κ2) is 7.50. The van der Waals surface area contributed by atoms with Gasteiger partial charge in [-0.1, -0.05) is 0 Å². The number of hydrogen-bond acceptors (Lipinski definition) is 5. The van der Waals surface area contributed by atoms with E-state index in [9.17, 15) is 14.4 Å². The van der Waals surface area contributed by atoms with Crippen LogP contribution in [0.3, 0.4) is 0 Å². The molecule has 1 saturated heterocycles. The van der Waals surface area contributed by atoms with Crippen molar-refractivity contribution in [2.45, 2.75) is 33.3 Å². The first-order chi connectivity index (χ1) is 11.7. The average Bonchev–Trinajstić information content (AvgIpc) is 2.52. The number of pyridine rings is 1. The normalized spacial score (nSPS) is 14.9. The number of ether oxygens (including phenoxy) is 1. The number of nitrogens with one attached hydrogen (secondary N) is 1. The highest BCUT2D eigenvalue weighted by molar-refractivity contribution is 5.96. The van der Waals surface area contributed by atoms with Crippen molar-refractivity contribution < 1.29 is 19.1 Å². The molecule has 8 nitrogen and oxygen atoms in total. The highest BCUT2D eigenvalue weighted by Gasteiger charge is 2.28. The maximum Gasteiger partial charge on any atom is 0.410 e. The van der Waals surface area contributed by atoms with Crippen LogP contribution >= 0.6 is 0 Å². The predicted octanol–water partition coefficient (Wildman–Crippen LogP) is 1.73. The molecule has 2 rings (SSSR count). The lowest BCUT2D eigenvalue weighted by Crippen LogP contribution is -2.51. The van der Waals surface area contributed by atoms with Crippen molar-refractivity contribution in [3.05, 3.63) is 23.9 Å². The number of carbonyl (C=O) groups excluding carboxylic acids is 3. The van der Waals surface area contributed by atoms with E-state index >= 15 is 0 Å². The molecule has 1 fully saturated rings. The lowest BCUT2D eigenvalue weighted by molar-refractivity contribution is -0.114. The van der Waals surface area contributed by atoms with Gasteiger partial charge in [0.05, 0.1) is 0 Å². The predicted molar refractivity (Wildman–Crippen MR) is 92.3 cm³/mol. The van der Waals surface area contributed by atoms with E-state index in [0.717, 1.165) is 0 Å². The molecule has 0 aliphatic carbocycles. The summed E-state index contributed by atoms with van der Waals surface area (Å²) in [5, 5.41) is 2.56. The van der Waals surface area contributed by atoms with Gasteiger partial charge >= 0.3 is 6.09 Å². The zero-order chi connectivity index (χ0) is 18.6. The van der Waals surface area contributed by atoms with Gasteiger partial charge in [0.1, 0.15) is 11.4 Å². The van der Waals surface area contributed by atoms with Gasteiger partial charge in [0, 0.05) is 44.9 Å². The summed E-state index contributed by atoms with van der Waals surface area (Å²) in [6.45, 7) is 8.54. The Morgan fingerprint density at radius 1 is 1.12 bits per heavy atom. The number of piperazine rings is 1. The number of amides is 3. The van der Waals surface area contributed by atoms with E-state index in [1.807, 2.05) is 20.8 Å². The van der Waals surface area contributed by atoms with Crippen LogP contribution in [-0.2, 0) is 9.53 Å². The smallest absolute Gasteiger partial charge is 0.410 e. The van der Waals surface area contributed by atoms with Crippen LogP contribution < -0.4 is 5.32 Å². The molecule has 136 valence electrons. The first-order valence-corrected chi connectivity index (χ1v) is 8.16. The molecule has 1 aromatic rings. The van der Waals surface area contributed by atoms with Crippen molar-refractivity contribution in [3.63, 3.8) is 0 Å². The summed E-state index contributed by atoms with van der Waals surface area (Å²) < 4.78 is 5.35. The number of anilines is 1. The third kappa shape index (κ3) is 5.44. The molecule has 3 amide bonds. The minimum Gasteiger partial charge on any atom is -0.444 e. The van der Waals surface area contributed by atoms with Crippen LogP contribution in [0.2, 0.25) is 0 Å². The average molecular weight is 348 g/mol. The van der Waals surface area contributed by atoms with E-state index in [4.69, 9.17) is 4.74 Å². The minimum atomic E-state index is -0.540. The number of hydrogen-bond donors (Lipinski definition) is 1. The van der Waals surface area contributed by atoms with Gasteiger partial charge in [0.25, 0.3) is 5.91 Å². The van der Waals surface area contributed by atoms with Gasteiger partial charge in [-0.2, -0.15) is 0 Å². The Kier molecular flexibility index (Phi) is 5.61. The van der Waals surface area contributed by atoms with Crippen LogP contribution in [0.15, 0.2) is 18.3 Å². The maximum atomic E-state index is 12.6. The van der Waals surface area contributed by atoms with Crippen LogP contribution in [0.25, 0.3) is 0 Å². The lowest BCUT2D eigenvalue weighted by atomic mass is 10.2. The summed E-state index contributed by atoms with van der Waals surface area (Å²) in [5.74, 6) is -0.0633. The third-order valence-electron chi connectivity index (χ3n) is 3.53. The van der Waals surface area contributed by atoms with E-state index in [-0.39, 0.29) is 17.9 Å². The summed E-state index contributed by atoms with van der Waals surface area (Å²) in [6, 6.07) is 3.15. The summed E-state index contributed by atoms with van der Waals surface area (Å²) in [7, 11) is 0. The Labute approximate surface area is 147 Å². The van der Waals surface area contributed by atoms with Gasteiger partial charge in [0.15, 0.2) is 0 Å². The summed E-state index contributed by atoms with van der Waals surface area (Å²) >= 11 is 0. The molecule has 1 N–H and O–H groups in total. The fraction of sp³-hybridized carbons (Fsp3) is 0.529. The Hall–Kier alpha value is -2.64. The van der Waals surface area contributed by atoms with Gasteiger partial charge in [-0.05, 0) is 32.9 Å². The quantitative estimate of drug-likeness (QED) is 0.879.